The molecule has 1 aromatic heterocycles. The average Bonchev–Trinajstić information content (AvgIpc) is 3.37. The van der Waals surface area contributed by atoms with E-state index in [0.717, 1.165) is 35.7 Å². The lowest BCUT2D eigenvalue weighted by Gasteiger charge is -2.34. The third-order valence-electron chi connectivity index (χ3n) is 6.20. The molecule has 0 spiro atoms. The van der Waals surface area contributed by atoms with Crippen molar-refractivity contribution in [3.05, 3.63) is 39.8 Å². The number of hydrogen-bond donors (Lipinski definition) is 1. The maximum atomic E-state index is 9.27. The van der Waals surface area contributed by atoms with Gasteiger partial charge in [-0.2, -0.15) is 0 Å². The molecule has 5 nitrogen and oxygen atoms in total. The van der Waals surface area contributed by atoms with Crippen LogP contribution in [0.1, 0.15) is 41.6 Å². The van der Waals surface area contributed by atoms with Gasteiger partial charge >= 0.3 is 0 Å². The number of aromatic nitrogens is 1. The predicted octanol–water partition coefficient (Wildman–Crippen LogP) is 4.62. The van der Waals surface area contributed by atoms with Crippen molar-refractivity contribution in [2.24, 2.45) is 11.8 Å². The molecule has 7 heteroatoms. The van der Waals surface area contributed by atoms with E-state index >= 15 is 0 Å². The molecule has 1 aliphatic carbocycles. The van der Waals surface area contributed by atoms with Crippen LogP contribution >= 0.6 is 23.1 Å². The molecular weight excluding hydrogens is 406 g/mol. The van der Waals surface area contributed by atoms with Crippen molar-refractivity contribution in [3.63, 3.8) is 0 Å². The van der Waals surface area contributed by atoms with E-state index in [-0.39, 0.29) is 24.9 Å². The Bertz CT molecular complexity index is 827. The van der Waals surface area contributed by atoms with Gasteiger partial charge in [-0.05, 0) is 49.6 Å². The van der Waals surface area contributed by atoms with E-state index < -0.39 is 0 Å². The lowest BCUT2D eigenvalue weighted by atomic mass is 9.87. The second-order valence-electron chi connectivity index (χ2n) is 7.86. The van der Waals surface area contributed by atoms with Crippen molar-refractivity contribution in [1.82, 2.24) is 4.98 Å². The summed E-state index contributed by atoms with van der Waals surface area (Å²) in [5, 5.41) is 12.2. The Labute approximate surface area is 180 Å². The van der Waals surface area contributed by atoms with Gasteiger partial charge in [0.1, 0.15) is 16.9 Å². The molecule has 5 atom stereocenters. The van der Waals surface area contributed by atoms with E-state index in [9.17, 15) is 5.11 Å². The first-order valence-electron chi connectivity index (χ1n) is 10.1. The van der Waals surface area contributed by atoms with Crippen LogP contribution in [-0.4, -0.2) is 42.3 Å². The third-order valence-corrected chi connectivity index (χ3v) is 8.07. The summed E-state index contributed by atoms with van der Waals surface area (Å²) < 4.78 is 18.5. The Hall–Kier alpha value is -1.12. The zero-order valence-electron chi connectivity index (χ0n) is 17.2. The average molecular weight is 436 g/mol. The fourth-order valence-corrected chi connectivity index (χ4v) is 6.12. The SMILES string of the molecule is CO[C@H]1C[C@@H]2O[C@@H](c3nc(CO)cs3)CC[C@@H]2[C@H]1COc1ccc(C)c(SC)c1. The predicted molar refractivity (Wildman–Crippen MR) is 116 cm³/mol. The Morgan fingerprint density at radius 1 is 1.34 bits per heavy atom. The monoisotopic (exact) mass is 435 g/mol. The molecule has 1 saturated carbocycles. The highest BCUT2D eigenvalue weighted by Crippen LogP contribution is 2.47. The van der Waals surface area contributed by atoms with Crippen LogP contribution < -0.4 is 4.74 Å². The molecule has 1 aliphatic heterocycles. The summed E-state index contributed by atoms with van der Waals surface area (Å²) in [4.78, 5) is 5.76. The topological polar surface area (TPSA) is 60.8 Å². The van der Waals surface area contributed by atoms with Crippen molar-refractivity contribution in [2.75, 3.05) is 20.0 Å². The van der Waals surface area contributed by atoms with Crippen molar-refractivity contribution in [1.29, 1.82) is 0 Å². The number of rotatable bonds is 7. The summed E-state index contributed by atoms with van der Waals surface area (Å²) in [5.74, 6) is 1.69. The number of thiazole rings is 1. The molecule has 158 valence electrons. The number of thioether (sulfide) groups is 1. The largest absolute Gasteiger partial charge is 0.493 e. The normalized spacial score (nSPS) is 29.0. The molecule has 1 N–H and O–H groups in total. The molecule has 0 radical (unpaired) electrons. The fourth-order valence-electron chi connectivity index (χ4n) is 4.62. The van der Waals surface area contributed by atoms with E-state index in [0.29, 0.717) is 18.4 Å². The Kier molecular flexibility index (Phi) is 6.81. The number of benzene rings is 1. The summed E-state index contributed by atoms with van der Waals surface area (Å²) in [6.45, 7) is 2.76. The smallest absolute Gasteiger partial charge is 0.122 e. The Morgan fingerprint density at radius 2 is 2.21 bits per heavy atom. The highest BCUT2D eigenvalue weighted by Gasteiger charge is 2.48. The number of aliphatic hydroxyl groups excluding tert-OH is 1. The van der Waals surface area contributed by atoms with E-state index in [1.165, 1.54) is 10.5 Å². The number of aryl methyl sites for hydroxylation is 1. The fraction of sp³-hybridized carbons (Fsp3) is 0.591. The van der Waals surface area contributed by atoms with Gasteiger partial charge in [-0.1, -0.05) is 6.07 Å². The maximum absolute atomic E-state index is 9.27. The van der Waals surface area contributed by atoms with Crippen molar-refractivity contribution >= 4 is 23.1 Å². The van der Waals surface area contributed by atoms with E-state index in [2.05, 4.69) is 36.4 Å². The maximum Gasteiger partial charge on any atom is 0.122 e. The van der Waals surface area contributed by atoms with Gasteiger partial charge in [-0.25, -0.2) is 4.98 Å². The Morgan fingerprint density at radius 3 is 2.93 bits per heavy atom. The van der Waals surface area contributed by atoms with Gasteiger partial charge in [0, 0.05) is 29.7 Å². The summed E-state index contributed by atoms with van der Waals surface area (Å²) in [6, 6.07) is 6.30. The highest BCUT2D eigenvalue weighted by atomic mass is 32.2. The quantitative estimate of drug-likeness (QED) is 0.641. The summed E-state index contributed by atoms with van der Waals surface area (Å²) >= 11 is 3.33. The lowest BCUT2D eigenvalue weighted by molar-refractivity contribution is -0.0812. The van der Waals surface area contributed by atoms with Crippen LogP contribution in [0, 0.1) is 18.8 Å². The molecule has 29 heavy (non-hydrogen) atoms. The molecule has 2 heterocycles. The van der Waals surface area contributed by atoms with Crippen LogP contribution in [0.2, 0.25) is 0 Å². The Balaban J connectivity index is 1.41. The summed E-state index contributed by atoms with van der Waals surface area (Å²) in [6.07, 6.45) is 5.38. The molecule has 0 unspecified atom stereocenters. The van der Waals surface area contributed by atoms with Crippen LogP contribution in [0.5, 0.6) is 5.75 Å². The first-order chi connectivity index (χ1) is 14.1. The number of hydrogen-bond acceptors (Lipinski definition) is 7. The van der Waals surface area contributed by atoms with Crippen LogP contribution in [0.15, 0.2) is 28.5 Å². The van der Waals surface area contributed by atoms with Crippen LogP contribution in [0.4, 0.5) is 0 Å². The van der Waals surface area contributed by atoms with Crippen molar-refractivity contribution in [2.45, 2.75) is 56.0 Å². The first-order valence-corrected chi connectivity index (χ1v) is 12.2. The molecule has 4 rings (SSSR count). The lowest BCUT2D eigenvalue weighted by Crippen LogP contribution is -2.33. The second kappa shape index (κ2) is 9.35. The zero-order valence-corrected chi connectivity index (χ0v) is 18.8. The minimum Gasteiger partial charge on any atom is -0.493 e. The molecule has 0 amide bonds. The van der Waals surface area contributed by atoms with E-state index in [1.54, 1.807) is 30.2 Å². The standard InChI is InChI=1S/C22H29NO4S2/c1-13-4-5-15(8-21(13)28-3)26-11-17-16-6-7-18(22-23-14(10-24)12-29-22)27-20(16)9-19(17)25-2/h4-5,8,12,16-20,24H,6-7,9-11H2,1-3H3/t16-,17-,18-,19+,20+/m1/s1. The van der Waals surface area contributed by atoms with E-state index in [1.807, 2.05) is 5.38 Å². The van der Waals surface area contributed by atoms with Crippen molar-refractivity contribution < 1.29 is 19.3 Å². The van der Waals surface area contributed by atoms with Gasteiger partial charge in [0.25, 0.3) is 0 Å². The van der Waals surface area contributed by atoms with Crippen LogP contribution in [-0.2, 0) is 16.1 Å². The number of methoxy groups -OCH3 is 1. The molecule has 2 aliphatic rings. The molecule has 1 aromatic carbocycles. The van der Waals surface area contributed by atoms with E-state index in [4.69, 9.17) is 14.2 Å². The molecule has 2 fully saturated rings. The minimum atomic E-state index is -0.0162. The van der Waals surface area contributed by atoms with Gasteiger partial charge in [-0.15, -0.1) is 23.1 Å². The van der Waals surface area contributed by atoms with Gasteiger partial charge in [0.2, 0.25) is 0 Å². The van der Waals surface area contributed by atoms with Crippen molar-refractivity contribution in [3.8, 4) is 5.75 Å². The summed E-state index contributed by atoms with van der Waals surface area (Å²) in [5.41, 5.74) is 2.00. The second-order valence-corrected chi connectivity index (χ2v) is 9.59. The highest BCUT2D eigenvalue weighted by molar-refractivity contribution is 7.98. The molecule has 2 aromatic rings. The summed E-state index contributed by atoms with van der Waals surface area (Å²) in [7, 11) is 1.79. The van der Waals surface area contributed by atoms with Gasteiger partial charge < -0.3 is 19.3 Å². The zero-order chi connectivity index (χ0) is 20.4. The van der Waals surface area contributed by atoms with Crippen LogP contribution in [0.3, 0.4) is 0 Å². The van der Waals surface area contributed by atoms with Gasteiger partial charge in [0.05, 0.1) is 31.1 Å². The van der Waals surface area contributed by atoms with Gasteiger partial charge in [-0.3, -0.25) is 0 Å². The van der Waals surface area contributed by atoms with Gasteiger partial charge in [0.15, 0.2) is 0 Å². The molecular formula is C22H29NO4S2. The van der Waals surface area contributed by atoms with Crippen LogP contribution in [0.25, 0.3) is 0 Å². The number of nitrogens with zero attached hydrogens (tertiary/aromatic N) is 1. The third kappa shape index (κ3) is 4.49. The first kappa shape index (κ1) is 21.1. The number of aliphatic hydroxyl groups is 1. The number of fused-ring (bicyclic) bond motifs is 1. The number of ether oxygens (including phenoxy) is 3. The molecule has 1 saturated heterocycles. The minimum absolute atomic E-state index is 0.0162. The molecule has 0 bridgehead atoms.